The van der Waals surface area contributed by atoms with Gasteiger partial charge in [-0.3, -0.25) is 14.4 Å². The van der Waals surface area contributed by atoms with Crippen molar-refractivity contribution in [3.63, 3.8) is 0 Å². The first-order valence-electron chi connectivity index (χ1n) is 8.64. The monoisotopic (exact) mass is 386 g/mol. The highest BCUT2D eigenvalue weighted by Crippen LogP contribution is 2.40. The lowest BCUT2D eigenvalue weighted by Gasteiger charge is -2.29. The van der Waals surface area contributed by atoms with E-state index in [9.17, 15) is 27.6 Å². The summed E-state index contributed by atoms with van der Waals surface area (Å²) in [5.41, 5.74) is 0.671. The zero-order valence-electron chi connectivity index (χ0n) is 14.5. The fourth-order valence-corrected chi connectivity index (χ4v) is 3.06. The summed E-state index contributed by atoms with van der Waals surface area (Å²) < 4.78 is 38.6. The molecule has 6 nitrogen and oxygen atoms in total. The normalized spacial score (nSPS) is 20.0. The quantitative estimate of drug-likeness (QED) is 0.700. The third kappa shape index (κ3) is 6.26. The minimum absolute atomic E-state index is 0.00525. The molecule has 0 radical (unpaired) electrons. The van der Waals surface area contributed by atoms with E-state index in [2.05, 4.69) is 10.6 Å². The van der Waals surface area contributed by atoms with Crippen molar-refractivity contribution in [2.24, 2.45) is 11.8 Å². The van der Waals surface area contributed by atoms with E-state index in [0.29, 0.717) is 18.5 Å². The average Bonchev–Trinajstić information content (AvgIpc) is 2.61. The Bertz CT molecular complexity index is 689. The van der Waals surface area contributed by atoms with Gasteiger partial charge in [0.05, 0.1) is 12.3 Å². The van der Waals surface area contributed by atoms with E-state index in [4.69, 9.17) is 5.11 Å². The van der Waals surface area contributed by atoms with E-state index in [1.807, 2.05) is 0 Å². The van der Waals surface area contributed by atoms with Crippen molar-refractivity contribution in [2.75, 3.05) is 11.9 Å². The Kier molecular flexibility index (Phi) is 6.81. The molecule has 1 fully saturated rings. The van der Waals surface area contributed by atoms with Crippen molar-refractivity contribution in [1.82, 2.24) is 5.32 Å². The van der Waals surface area contributed by atoms with Gasteiger partial charge in [0, 0.05) is 23.7 Å². The second kappa shape index (κ2) is 8.88. The molecular formula is C18H21F3N2O4. The Morgan fingerprint density at radius 3 is 2.37 bits per heavy atom. The third-order valence-electron chi connectivity index (χ3n) is 4.55. The molecule has 148 valence electrons. The van der Waals surface area contributed by atoms with Crippen molar-refractivity contribution in [3.8, 4) is 0 Å². The number of anilines is 1. The fourth-order valence-electron chi connectivity index (χ4n) is 3.06. The Hall–Kier alpha value is -2.58. The van der Waals surface area contributed by atoms with Crippen LogP contribution in [0.2, 0.25) is 0 Å². The van der Waals surface area contributed by atoms with Crippen LogP contribution in [0, 0.1) is 11.8 Å². The number of rotatable bonds is 6. The van der Waals surface area contributed by atoms with Crippen LogP contribution < -0.4 is 10.6 Å². The zero-order chi connectivity index (χ0) is 20.0. The summed E-state index contributed by atoms with van der Waals surface area (Å²) >= 11 is 0. The molecule has 0 aromatic heterocycles. The summed E-state index contributed by atoms with van der Waals surface area (Å²) in [5, 5.41) is 13.6. The standard InChI is InChI=1S/C18H21F3N2O4/c19-18(20,21)13-3-1-2-12(10-13)17(27)23-14-6-4-11(5-7-14)16(26)22-9-8-15(24)25/h4-7,12-13H,1-3,8-10H2,(H,22,26)(H,23,27)(H,24,25). The number of aliphatic carboxylic acids is 1. The van der Waals surface area contributed by atoms with Crippen LogP contribution in [0.5, 0.6) is 0 Å². The van der Waals surface area contributed by atoms with Crippen LogP contribution >= 0.6 is 0 Å². The van der Waals surface area contributed by atoms with Crippen molar-refractivity contribution >= 4 is 23.5 Å². The molecule has 0 spiro atoms. The number of halogens is 3. The van der Waals surface area contributed by atoms with Gasteiger partial charge in [-0.25, -0.2) is 0 Å². The molecule has 2 atom stereocenters. The Balaban J connectivity index is 1.89. The maximum Gasteiger partial charge on any atom is 0.391 e. The van der Waals surface area contributed by atoms with E-state index >= 15 is 0 Å². The molecule has 1 aliphatic carbocycles. The van der Waals surface area contributed by atoms with Crippen LogP contribution in [0.25, 0.3) is 0 Å². The van der Waals surface area contributed by atoms with E-state index in [-0.39, 0.29) is 31.4 Å². The summed E-state index contributed by atoms with van der Waals surface area (Å²) in [5.74, 6) is -4.07. The molecule has 0 saturated heterocycles. The predicted octanol–water partition coefficient (Wildman–Crippen LogP) is 3.20. The van der Waals surface area contributed by atoms with Gasteiger partial charge in [-0.2, -0.15) is 13.2 Å². The average molecular weight is 386 g/mol. The smallest absolute Gasteiger partial charge is 0.391 e. The summed E-state index contributed by atoms with van der Waals surface area (Å²) in [7, 11) is 0. The Labute approximate surface area is 154 Å². The largest absolute Gasteiger partial charge is 0.481 e. The van der Waals surface area contributed by atoms with Gasteiger partial charge in [-0.15, -0.1) is 0 Å². The molecule has 1 saturated carbocycles. The first-order chi connectivity index (χ1) is 12.7. The lowest BCUT2D eigenvalue weighted by molar-refractivity contribution is -0.185. The number of carboxylic acids is 1. The van der Waals surface area contributed by atoms with E-state index in [0.717, 1.165) is 0 Å². The predicted molar refractivity (Wildman–Crippen MR) is 91.2 cm³/mol. The minimum Gasteiger partial charge on any atom is -0.481 e. The van der Waals surface area contributed by atoms with Crippen LogP contribution in [0.15, 0.2) is 24.3 Å². The number of carbonyl (C=O) groups is 3. The number of hydrogen-bond acceptors (Lipinski definition) is 3. The van der Waals surface area contributed by atoms with Crippen LogP contribution in [0.3, 0.4) is 0 Å². The molecular weight excluding hydrogens is 365 g/mol. The van der Waals surface area contributed by atoms with E-state index in [1.165, 1.54) is 24.3 Å². The molecule has 2 unspecified atom stereocenters. The highest BCUT2D eigenvalue weighted by Gasteiger charge is 2.43. The van der Waals surface area contributed by atoms with Gasteiger partial charge in [0.15, 0.2) is 0 Å². The zero-order valence-corrected chi connectivity index (χ0v) is 14.5. The first kappa shape index (κ1) is 20.7. The van der Waals surface area contributed by atoms with Gasteiger partial charge < -0.3 is 15.7 Å². The maximum absolute atomic E-state index is 12.9. The van der Waals surface area contributed by atoms with Crippen molar-refractivity contribution in [3.05, 3.63) is 29.8 Å². The molecule has 1 aromatic rings. The number of carbonyl (C=O) groups excluding carboxylic acids is 2. The lowest BCUT2D eigenvalue weighted by atomic mass is 9.80. The van der Waals surface area contributed by atoms with Crippen LogP contribution in [0.4, 0.5) is 18.9 Å². The van der Waals surface area contributed by atoms with Crippen LogP contribution in [0.1, 0.15) is 42.5 Å². The number of hydrogen-bond donors (Lipinski definition) is 3. The van der Waals surface area contributed by atoms with Crippen molar-refractivity contribution in [2.45, 2.75) is 38.3 Å². The molecule has 0 bridgehead atoms. The summed E-state index contributed by atoms with van der Waals surface area (Å²) in [6, 6.07) is 5.86. The highest BCUT2D eigenvalue weighted by atomic mass is 19.4. The molecule has 1 aromatic carbocycles. The number of benzene rings is 1. The van der Waals surface area contributed by atoms with Gasteiger partial charge in [0.25, 0.3) is 5.91 Å². The number of alkyl halides is 3. The van der Waals surface area contributed by atoms with Crippen LogP contribution in [-0.4, -0.2) is 35.6 Å². The molecule has 0 aliphatic heterocycles. The van der Waals surface area contributed by atoms with Crippen LogP contribution in [-0.2, 0) is 9.59 Å². The Morgan fingerprint density at radius 1 is 1.11 bits per heavy atom. The number of amides is 2. The number of nitrogens with one attached hydrogen (secondary N) is 2. The van der Waals surface area contributed by atoms with Crippen molar-refractivity contribution < 1.29 is 32.7 Å². The maximum atomic E-state index is 12.9. The number of carboxylic acid groups (broad SMARTS) is 1. The SMILES string of the molecule is O=C(O)CCNC(=O)c1ccc(NC(=O)C2CCCC(C(F)(F)F)C2)cc1. The molecule has 1 aliphatic rings. The van der Waals surface area contributed by atoms with E-state index in [1.54, 1.807) is 0 Å². The highest BCUT2D eigenvalue weighted by molar-refractivity contribution is 5.96. The summed E-state index contributed by atoms with van der Waals surface area (Å²) in [6.45, 7) is -0.00525. The second-order valence-electron chi connectivity index (χ2n) is 6.57. The molecule has 2 amide bonds. The lowest BCUT2D eigenvalue weighted by Crippen LogP contribution is -2.34. The summed E-state index contributed by atoms with van der Waals surface area (Å²) in [6.07, 6.45) is -3.85. The topological polar surface area (TPSA) is 95.5 Å². The molecule has 9 heteroatoms. The molecule has 0 heterocycles. The molecule has 2 rings (SSSR count). The van der Waals surface area contributed by atoms with Gasteiger partial charge in [-0.05, 0) is 43.5 Å². The van der Waals surface area contributed by atoms with Gasteiger partial charge in [0.1, 0.15) is 0 Å². The molecule has 3 N–H and O–H groups in total. The third-order valence-corrected chi connectivity index (χ3v) is 4.55. The summed E-state index contributed by atoms with van der Waals surface area (Å²) in [4.78, 5) is 34.5. The first-order valence-corrected chi connectivity index (χ1v) is 8.64. The minimum atomic E-state index is -4.28. The van der Waals surface area contributed by atoms with Gasteiger partial charge in [0.2, 0.25) is 5.91 Å². The van der Waals surface area contributed by atoms with Gasteiger partial charge in [-0.1, -0.05) is 6.42 Å². The van der Waals surface area contributed by atoms with Gasteiger partial charge >= 0.3 is 12.1 Å². The Morgan fingerprint density at radius 2 is 1.78 bits per heavy atom. The van der Waals surface area contributed by atoms with Crippen molar-refractivity contribution in [1.29, 1.82) is 0 Å². The second-order valence-corrected chi connectivity index (χ2v) is 6.57. The van der Waals surface area contributed by atoms with E-state index < -0.39 is 35.8 Å². The molecule has 27 heavy (non-hydrogen) atoms. The fraction of sp³-hybridized carbons (Fsp3) is 0.500.